The predicted octanol–water partition coefficient (Wildman–Crippen LogP) is 1.83. The lowest BCUT2D eigenvalue weighted by molar-refractivity contribution is -0.116. The molecule has 98 valence electrons. The van der Waals surface area contributed by atoms with Crippen LogP contribution in [0.15, 0.2) is 12.1 Å². The largest absolute Gasteiger partial charge is 0.454 e. The highest BCUT2D eigenvalue weighted by molar-refractivity contribution is 5.75. The normalized spacial score (nSPS) is 12.8. The van der Waals surface area contributed by atoms with E-state index in [1.54, 1.807) is 6.92 Å². The molecule has 0 spiro atoms. The van der Waals surface area contributed by atoms with Crippen LogP contribution in [-0.2, 0) is 11.2 Å². The van der Waals surface area contributed by atoms with Gasteiger partial charge in [-0.1, -0.05) is 0 Å². The van der Waals surface area contributed by atoms with E-state index in [0.717, 1.165) is 31.0 Å². The third-order valence-electron chi connectivity index (χ3n) is 3.06. The Morgan fingerprint density at radius 2 is 2.00 bits per heavy atom. The van der Waals surface area contributed by atoms with Gasteiger partial charge in [-0.15, -0.1) is 0 Å². The molecule has 0 bridgehead atoms. The topological polar surface area (TPSA) is 47.6 Å². The van der Waals surface area contributed by atoms with E-state index in [1.807, 2.05) is 12.1 Å². The van der Waals surface area contributed by atoms with Gasteiger partial charge in [0.15, 0.2) is 11.5 Å². The van der Waals surface area contributed by atoms with E-state index in [1.165, 1.54) is 11.1 Å². The van der Waals surface area contributed by atoms with Crippen LogP contribution in [0.3, 0.4) is 0 Å². The molecule has 0 fully saturated rings. The summed E-state index contributed by atoms with van der Waals surface area (Å²) in [6.07, 6.45) is 1.53. The molecular formula is C14H19NO3. The number of aryl methyl sites for hydroxylation is 1. The lowest BCUT2D eigenvalue weighted by Crippen LogP contribution is -2.20. The fourth-order valence-electron chi connectivity index (χ4n) is 1.97. The van der Waals surface area contributed by atoms with Gasteiger partial charge in [0.05, 0.1) is 0 Å². The molecule has 2 rings (SSSR count). The highest BCUT2D eigenvalue weighted by atomic mass is 16.7. The molecule has 1 aromatic rings. The lowest BCUT2D eigenvalue weighted by atomic mass is 10.0. The van der Waals surface area contributed by atoms with Crippen molar-refractivity contribution in [1.29, 1.82) is 0 Å². The van der Waals surface area contributed by atoms with Crippen molar-refractivity contribution in [1.82, 2.24) is 5.32 Å². The molecule has 0 amide bonds. The highest BCUT2D eigenvalue weighted by Gasteiger charge is 2.15. The van der Waals surface area contributed by atoms with Crippen molar-refractivity contribution < 1.29 is 14.3 Å². The van der Waals surface area contributed by atoms with E-state index >= 15 is 0 Å². The molecule has 18 heavy (non-hydrogen) atoms. The van der Waals surface area contributed by atoms with Crippen LogP contribution in [0.5, 0.6) is 11.5 Å². The SMILES string of the molecule is CC(=O)CCNCCc1cc2c(cc1C)OCO2. The van der Waals surface area contributed by atoms with Gasteiger partial charge in [0.25, 0.3) is 0 Å². The van der Waals surface area contributed by atoms with Crippen molar-refractivity contribution in [2.45, 2.75) is 26.7 Å². The molecule has 1 aliphatic heterocycles. The van der Waals surface area contributed by atoms with Crippen LogP contribution >= 0.6 is 0 Å². The first-order valence-corrected chi connectivity index (χ1v) is 6.26. The Morgan fingerprint density at radius 1 is 1.28 bits per heavy atom. The van der Waals surface area contributed by atoms with Crippen LogP contribution in [0.25, 0.3) is 0 Å². The van der Waals surface area contributed by atoms with Gasteiger partial charge in [0.1, 0.15) is 5.78 Å². The van der Waals surface area contributed by atoms with E-state index in [2.05, 4.69) is 12.2 Å². The van der Waals surface area contributed by atoms with E-state index < -0.39 is 0 Å². The number of nitrogens with one attached hydrogen (secondary N) is 1. The first-order valence-electron chi connectivity index (χ1n) is 6.26. The second kappa shape index (κ2) is 5.87. The zero-order valence-electron chi connectivity index (χ0n) is 10.9. The lowest BCUT2D eigenvalue weighted by Gasteiger charge is -2.08. The first kappa shape index (κ1) is 12.9. The molecule has 0 unspecified atom stereocenters. The molecular weight excluding hydrogens is 230 g/mol. The molecule has 0 aromatic heterocycles. The van der Waals surface area contributed by atoms with Gasteiger partial charge in [-0.3, -0.25) is 4.79 Å². The second-order valence-electron chi connectivity index (χ2n) is 4.58. The van der Waals surface area contributed by atoms with Crippen molar-refractivity contribution in [2.75, 3.05) is 19.9 Å². The van der Waals surface area contributed by atoms with Crippen LogP contribution in [0.1, 0.15) is 24.5 Å². The predicted molar refractivity (Wildman–Crippen MR) is 69.2 cm³/mol. The number of benzene rings is 1. The maximum Gasteiger partial charge on any atom is 0.231 e. The van der Waals surface area contributed by atoms with Crippen LogP contribution in [-0.4, -0.2) is 25.7 Å². The third-order valence-corrected chi connectivity index (χ3v) is 3.06. The molecule has 0 atom stereocenters. The number of ether oxygens (including phenoxy) is 2. The minimum atomic E-state index is 0.224. The summed E-state index contributed by atoms with van der Waals surface area (Å²) < 4.78 is 10.7. The Morgan fingerprint density at radius 3 is 2.72 bits per heavy atom. The van der Waals surface area contributed by atoms with Crippen molar-refractivity contribution in [3.63, 3.8) is 0 Å². The summed E-state index contributed by atoms with van der Waals surface area (Å²) in [4.78, 5) is 10.8. The quantitative estimate of drug-likeness (QED) is 0.781. The molecule has 1 N–H and O–H groups in total. The number of carbonyl (C=O) groups is 1. The number of ketones is 1. The van der Waals surface area contributed by atoms with Gasteiger partial charge in [0.2, 0.25) is 6.79 Å². The summed E-state index contributed by atoms with van der Waals surface area (Å²) >= 11 is 0. The van der Waals surface area contributed by atoms with Crippen molar-refractivity contribution in [2.24, 2.45) is 0 Å². The monoisotopic (exact) mass is 249 g/mol. The van der Waals surface area contributed by atoms with Crippen LogP contribution < -0.4 is 14.8 Å². The molecule has 4 heteroatoms. The molecule has 0 saturated heterocycles. The smallest absolute Gasteiger partial charge is 0.231 e. The number of rotatable bonds is 6. The van der Waals surface area contributed by atoms with Crippen LogP contribution in [0.2, 0.25) is 0 Å². The molecule has 0 aliphatic carbocycles. The Balaban J connectivity index is 1.84. The Hall–Kier alpha value is -1.55. The summed E-state index contributed by atoms with van der Waals surface area (Å²) in [6, 6.07) is 4.07. The zero-order chi connectivity index (χ0) is 13.0. The number of hydrogen-bond donors (Lipinski definition) is 1. The number of Topliss-reactive ketones (excluding diaryl/α,β-unsaturated/α-hetero) is 1. The fourth-order valence-corrected chi connectivity index (χ4v) is 1.97. The molecule has 1 aliphatic rings. The molecule has 1 aromatic carbocycles. The van der Waals surface area contributed by atoms with Gasteiger partial charge in [-0.05, 0) is 50.1 Å². The summed E-state index contributed by atoms with van der Waals surface area (Å²) in [6.45, 7) is 5.62. The minimum absolute atomic E-state index is 0.224. The summed E-state index contributed by atoms with van der Waals surface area (Å²) in [5, 5.41) is 3.27. The van der Waals surface area contributed by atoms with Gasteiger partial charge < -0.3 is 14.8 Å². The maximum atomic E-state index is 10.8. The summed E-state index contributed by atoms with van der Waals surface area (Å²) in [7, 11) is 0. The summed E-state index contributed by atoms with van der Waals surface area (Å²) in [5.74, 6) is 1.89. The van der Waals surface area contributed by atoms with Crippen molar-refractivity contribution in [3.8, 4) is 11.5 Å². The molecule has 0 saturated carbocycles. The van der Waals surface area contributed by atoms with Gasteiger partial charge >= 0.3 is 0 Å². The number of hydrogen-bond acceptors (Lipinski definition) is 4. The zero-order valence-corrected chi connectivity index (χ0v) is 10.9. The van der Waals surface area contributed by atoms with Crippen LogP contribution in [0.4, 0.5) is 0 Å². The third kappa shape index (κ3) is 3.23. The molecule has 1 heterocycles. The minimum Gasteiger partial charge on any atom is -0.454 e. The standard InChI is InChI=1S/C14H19NO3/c1-10-7-13-14(18-9-17-13)8-12(10)4-6-15-5-3-11(2)16/h7-8,15H,3-6,9H2,1-2H3. The molecule has 0 radical (unpaired) electrons. The van der Waals surface area contributed by atoms with E-state index in [4.69, 9.17) is 9.47 Å². The van der Waals surface area contributed by atoms with Gasteiger partial charge in [-0.25, -0.2) is 0 Å². The Labute approximate surface area is 107 Å². The van der Waals surface area contributed by atoms with E-state index in [-0.39, 0.29) is 5.78 Å². The highest BCUT2D eigenvalue weighted by Crippen LogP contribution is 2.34. The van der Waals surface area contributed by atoms with Crippen LogP contribution in [0, 0.1) is 6.92 Å². The maximum absolute atomic E-state index is 10.8. The summed E-state index contributed by atoms with van der Waals surface area (Å²) in [5.41, 5.74) is 2.47. The van der Waals surface area contributed by atoms with E-state index in [9.17, 15) is 4.79 Å². The van der Waals surface area contributed by atoms with Gasteiger partial charge in [0, 0.05) is 13.0 Å². The molecule has 4 nitrogen and oxygen atoms in total. The van der Waals surface area contributed by atoms with E-state index in [0.29, 0.717) is 13.2 Å². The average molecular weight is 249 g/mol. The number of fused-ring (bicyclic) bond motifs is 1. The second-order valence-corrected chi connectivity index (χ2v) is 4.58. The van der Waals surface area contributed by atoms with Crippen molar-refractivity contribution >= 4 is 5.78 Å². The number of carbonyl (C=O) groups excluding carboxylic acids is 1. The average Bonchev–Trinajstić information content (AvgIpc) is 2.75. The Bertz CT molecular complexity index is 443. The van der Waals surface area contributed by atoms with Gasteiger partial charge in [-0.2, -0.15) is 0 Å². The first-order chi connectivity index (χ1) is 8.66. The Kier molecular flexibility index (Phi) is 4.20. The van der Waals surface area contributed by atoms with Crippen molar-refractivity contribution in [3.05, 3.63) is 23.3 Å². The fraction of sp³-hybridized carbons (Fsp3) is 0.500.